The number of carbonyl (C=O) groups is 1. The van der Waals surface area contributed by atoms with Gasteiger partial charge < -0.3 is 5.32 Å². The Bertz CT molecular complexity index is 750. The van der Waals surface area contributed by atoms with Crippen molar-refractivity contribution in [2.24, 2.45) is 0 Å². The number of carbonyl (C=O) groups excluding carboxylic acids is 1. The predicted octanol–water partition coefficient (Wildman–Crippen LogP) is 1.35. The molecular formula is C15H19N5O2S. The topological polar surface area (TPSA) is 89.8 Å². The first-order chi connectivity index (χ1) is 11.2. The number of aromatic nitrogens is 4. The molecule has 8 heteroatoms. The van der Waals surface area contributed by atoms with Crippen LogP contribution in [0.15, 0.2) is 16.9 Å². The Morgan fingerprint density at radius 1 is 1.43 bits per heavy atom. The third-order valence-electron chi connectivity index (χ3n) is 3.74. The number of rotatable bonds is 7. The molecular weight excluding hydrogens is 314 g/mol. The maximum atomic E-state index is 12.2. The number of nitrogens with one attached hydrogen (secondary N) is 1. The summed E-state index contributed by atoms with van der Waals surface area (Å²) in [7, 11) is 0. The van der Waals surface area contributed by atoms with Crippen LogP contribution in [-0.4, -0.2) is 31.8 Å². The van der Waals surface area contributed by atoms with Gasteiger partial charge in [0, 0.05) is 18.5 Å². The van der Waals surface area contributed by atoms with Crippen molar-refractivity contribution < 1.29 is 4.79 Å². The first-order valence-corrected chi connectivity index (χ1v) is 8.64. The van der Waals surface area contributed by atoms with Crippen LogP contribution in [0.5, 0.6) is 0 Å². The first-order valence-electron chi connectivity index (χ1n) is 7.86. The van der Waals surface area contributed by atoms with E-state index in [1.54, 1.807) is 12.1 Å². The van der Waals surface area contributed by atoms with Crippen molar-refractivity contribution in [1.82, 2.24) is 24.7 Å². The normalized spacial score (nSPS) is 14.0. The fourth-order valence-electron chi connectivity index (χ4n) is 2.36. The average molecular weight is 333 g/mol. The van der Waals surface area contributed by atoms with E-state index in [4.69, 9.17) is 0 Å². The second kappa shape index (κ2) is 6.99. The van der Waals surface area contributed by atoms with Crippen LogP contribution in [-0.2, 0) is 13.0 Å². The molecule has 0 aromatic carbocycles. The molecule has 23 heavy (non-hydrogen) atoms. The predicted molar refractivity (Wildman–Crippen MR) is 86.7 cm³/mol. The minimum Gasteiger partial charge on any atom is -0.349 e. The van der Waals surface area contributed by atoms with Crippen LogP contribution in [0.4, 0.5) is 0 Å². The number of amides is 1. The van der Waals surface area contributed by atoms with Crippen molar-refractivity contribution in [2.45, 2.75) is 45.1 Å². The molecule has 7 nitrogen and oxygen atoms in total. The highest BCUT2D eigenvalue weighted by Crippen LogP contribution is 2.38. The maximum absolute atomic E-state index is 12.2. The third-order valence-corrected chi connectivity index (χ3v) is 4.51. The van der Waals surface area contributed by atoms with Gasteiger partial charge >= 0.3 is 0 Å². The molecule has 0 unspecified atom stereocenters. The Morgan fingerprint density at radius 2 is 2.26 bits per heavy atom. The molecule has 2 aromatic heterocycles. The quantitative estimate of drug-likeness (QED) is 0.826. The second-order valence-corrected chi connectivity index (χ2v) is 6.40. The summed E-state index contributed by atoms with van der Waals surface area (Å²) >= 11 is 1.10. The van der Waals surface area contributed by atoms with Crippen molar-refractivity contribution >= 4 is 17.4 Å². The SMILES string of the molecule is CCCc1nnsc1C(=O)NCCn1nc(C2CC2)ccc1=O. The van der Waals surface area contributed by atoms with E-state index in [0.717, 1.165) is 48.6 Å². The van der Waals surface area contributed by atoms with Crippen LogP contribution >= 0.6 is 11.5 Å². The largest absolute Gasteiger partial charge is 0.349 e. The van der Waals surface area contributed by atoms with Gasteiger partial charge in [0.25, 0.3) is 11.5 Å². The molecule has 1 N–H and O–H groups in total. The molecule has 1 aliphatic carbocycles. The van der Waals surface area contributed by atoms with E-state index in [1.165, 1.54) is 4.68 Å². The molecule has 2 aromatic rings. The molecule has 0 radical (unpaired) electrons. The van der Waals surface area contributed by atoms with Gasteiger partial charge in [0.2, 0.25) is 0 Å². The molecule has 3 rings (SSSR count). The smallest absolute Gasteiger partial charge is 0.266 e. The van der Waals surface area contributed by atoms with E-state index >= 15 is 0 Å². The summed E-state index contributed by atoms with van der Waals surface area (Å²) in [6, 6.07) is 3.35. The van der Waals surface area contributed by atoms with E-state index in [9.17, 15) is 9.59 Å². The highest BCUT2D eigenvalue weighted by molar-refractivity contribution is 7.08. The van der Waals surface area contributed by atoms with Crippen LogP contribution in [0, 0.1) is 0 Å². The molecule has 1 aliphatic rings. The lowest BCUT2D eigenvalue weighted by Crippen LogP contribution is -2.32. The molecule has 122 valence electrons. The number of hydrogen-bond acceptors (Lipinski definition) is 6. The Labute approximate surface area is 137 Å². The second-order valence-electron chi connectivity index (χ2n) is 5.65. The minimum atomic E-state index is -0.185. The third kappa shape index (κ3) is 3.82. The zero-order valence-electron chi connectivity index (χ0n) is 13.0. The van der Waals surface area contributed by atoms with Crippen molar-refractivity contribution in [2.75, 3.05) is 6.54 Å². The van der Waals surface area contributed by atoms with Crippen molar-refractivity contribution in [3.8, 4) is 0 Å². The highest BCUT2D eigenvalue weighted by Gasteiger charge is 2.25. The summed E-state index contributed by atoms with van der Waals surface area (Å²) in [4.78, 5) is 24.6. The molecule has 0 aliphatic heterocycles. The summed E-state index contributed by atoms with van der Waals surface area (Å²) in [6.07, 6.45) is 3.93. The van der Waals surface area contributed by atoms with Crippen LogP contribution in [0.1, 0.15) is 53.2 Å². The summed E-state index contributed by atoms with van der Waals surface area (Å²) in [5.41, 5.74) is 1.56. The first kappa shape index (κ1) is 15.8. The van der Waals surface area contributed by atoms with E-state index in [2.05, 4.69) is 20.0 Å². The summed E-state index contributed by atoms with van der Waals surface area (Å²) in [5, 5.41) is 11.2. The Hall–Kier alpha value is -2.09. The fraction of sp³-hybridized carbons (Fsp3) is 0.533. The number of aryl methyl sites for hydroxylation is 1. The Kier molecular flexibility index (Phi) is 4.80. The van der Waals surface area contributed by atoms with Gasteiger partial charge in [-0.05, 0) is 36.9 Å². The van der Waals surface area contributed by atoms with Gasteiger partial charge in [-0.2, -0.15) is 5.10 Å². The number of nitrogens with zero attached hydrogens (tertiary/aromatic N) is 4. The van der Waals surface area contributed by atoms with Gasteiger partial charge in [-0.3, -0.25) is 9.59 Å². The molecule has 1 saturated carbocycles. The van der Waals surface area contributed by atoms with E-state index in [1.807, 2.05) is 6.92 Å². The molecule has 1 amide bonds. The van der Waals surface area contributed by atoms with Crippen LogP contribution in [0.3, 0.4) is 0 Å². The van der Waals surface area contributed by atoms with E-state index < -0.39 is 0 Å². The monoisotopic (exact) mass is 333 g/mol. The summed E-state index contributed by atoms with van der Waals surface area (Å²) in [6.45, 7) is 2.75. The Morgan fingerprint density at radius 3 is 3.00 bits per heavy atom. The summed E-state index contributed by atoms with van der Waals surface area (Å²) < 4.78 is 5.27. The van der Waals surface area contributed by atoms with Crippen molar-refractivity contribution in [1.29, 1.82) is 0 Å². The van der Waals surface area contributed by atoms with Crippen LogP contribution in [0.2, 0.25) is 0 Å². The highest BCUT2D eigenvalue weighted by atomic mass is 32.1. The van der Waals surface area contributed by atoms with Crippen molar-refractivity contribution in [3.05, 3.63) is 38.8 Å². The standard InChI is InChI=1S/C15H19N5O2S/c1-2-3-12-14(23-19-17-12)15(22)16-8-9-20-13(21)7-6-11(18-20)10-4-5-10/h6-7,10H,2-5,8-9H2,1H3,(H,16,22). The lowest BCUT2D eigenvalue weighted by atomic mass is 10.2. The lowest BCUT2D eigenvalue weighted by Gasteiger charge is -2.07. The van der Waals surface area contributed by atoms with Crippen molar-refractivity contribution in [3.63, 3.8) is 0 Å². The van der Waals surface area contributed by atoms with Gasteiger partial charge in [-0.25, -0.2) is 4.68 Å². The summed E-state index contributed by atoms with van der Waals surface area (Å²) in [5.74, 6) is 0.311. The van der Waals surface area contributed by atoms with E-state index in [0.29, 0.717) is 23.9 Å². The van der Waals surface area contributed by atoms with Gasteiger partial charge in [0.15, 0.2) is 0 Å². The van der Waals surface area contributed by atoms with Crippen LogP contribution in [0.25, 0.3) is 0 Å². The van der Waals surface area contributed by atoms with Crippen LogP contribution < -0.4 is 10.9 Å². The minimum absolute atomic E-state index is 0.144. The van der Waals surface area contributed by atoms with Gasteiger partial charge in [0.1, 0.15) is 4.88 Å². The number of hydrogen-bond donors (Lipinski definition) is 1. The molecule has 0 saturated heterocycles. The average Bonchev–Trinajstić information content (AvgIpc) is 3.29. The molecule has 0 atom stereocenters. The van der Waals surface area contributed by atoms with E-state index in [-0.39, 0.29) is 11.5 Å². The molecule has 0 spiro atoms. The van der Waals surface area contributed by atoms with Gasteiger partial charge in [-0.15, -0.1) is 5.10 Å². The van der Waals surface area contributed by atoms with Gasteiger partial charge in [-0.1, -0.05) is 17.8 Å². The zero-order chi connectivity index (χ0) is 16.2. The maximum Gasteiger partial charge on any atom is 0.266 e. The fourth-order valence-corrected chi connectivity index (χ4v) is 2.98. The Balaban J connectivity index is 1.58. The molecule has 2 heterocycles. The lowest BCUT2D eigenvalue weighted by molar-refractivity contribution is 0.0954. The molecule has 0 bridgehead atoms. The molecule has 1 fully saturated rings. The van der Waals surface area contributed by atoms with Gasteiger partial charge in [0.05, 0.1) is 17.9 Å². The zero-order valence-corrected chi connectivity index (χ0v) is 13.8.